The van der Waals surface area contributed by atoms with E-state index >= 15 is 0 Å². The van der Waals surface area contributed by atoms with Gasteiger partial charge in [0, 0.05) is 45.0 Å². The number of ether oxygens (including phenoxy) is 1. The van der Waals surface area contributed by atoms with Gasteiger partial charge in [-0.2, -0.15) is 0 Å². The van der Waals surface area contributed by atoms with Crippen LogP contribution < -0.4 is 10.5 Å². The highest BCUT2D eigenvalue weighted by Gasteiger charge is 2.26. The molecule has 9 nitrogen and oxygen atoms in total. The van der Waals surface area contributed by atoms with Gasteiger partial charge in [0.05, 0.1) is 31.1 Å². The average Bonchev–Trinajstić information content (AvgIpc) is 3.27. The minimum absolute atomic E-state index is 0.111. The molecule has 0 radical (unpaired) electrons. The van der Waals surface area contributed by atoms with Gasteiger partial charge >= 0.3 is 0 Å². The second kappa shape index (κ2) is 8.51. The highest BCUT2D eigenvalue weighted by Crippen LogP contribution is 2.26. The molecule has 1 fully saturated rings. The Bertz CT molecular complexity index is 1190. The number of aliphatic imine (C=N–C) groups is 1. The van der Waals surface area contributed by atoms with Crippen LogP contribution in [0.15, 0.2) is 58.7 Å². The molecule has 9 heteroatoms. The predicted octanol–water partition coefficient (Wildman–Crippen LogP) is 1.51. The van der Waals surface area contributed by atoms with Gasteiger partial charge in [-0.3, -0.25) is 14.4 Å². The first kappa shape index (κ1) is 20.3. The van der Waals surface area contributed by atoms with Gasteiger partial charge in [-0.25, -0.2) is 15.0 Å². The Morgan fingerprint density at radius 1 is 1.06 bits per heavy atom. The van der Waals surface area contributed by atoms with Crippen LogP contribution in [0.5, 0.6) is 0 Å². The van der Waals surface area contributed by atoms with Crippen LogP contribution in [0.2, 0.25) is 0 Å². The zero-order chi connectivity index (χ0) is 22.1. The highest BCUT2D eigenvalue weighted by atomic mass is 16.5. The number of likely N-dealkylation sites (N-methyl/N-ethyl adjacent to an activating group) is 1. The Balaban J connectivity index is 1.40. The van der Waals surface area contributed by atoms with Crippen molar-refractivity contribution >= 4 is 11.8 Å². The maximum atomic E-state index is 12.6. The van der Waals surface area contributed by atoms with Crippen molar-refractivity contribution in [3.8, 4) is 11.4 Å². The molecular weight excluding hydrogens is 406 g/mol. The molecule has 0 amide bonds. The molecule has 32 heavy (non-hydrogen) atoms. The maximum absolute atomic E-state index is 12.6. The Hall–Kier alpha value is -3.59. The van der Waals surface area contributed by atoms with Crippen LogP contribution in [0.25, 0.3) is 11.4 Å². The molecular formula is C23H25N7O2. The van der Waals surface area contributed by atoms with Gasteiger partial charge < -0.3 is 14.5 Å². The van der Waals surface area contributed by atoms with Gasteiger partial charge in [0.25, 0.3) is 5.56 Å². The van der Waals surface area contributed by atoms with E-state index in [4.69, 9.17) is 9.72 Å². The second-order valence-electron chi connectivity index (χ2n) is 7.99. The van der Waals surface area contributed by atoms with Crippen LogP contribution in [0.4, 0.5) is 5.95 Å². The SMILES string of the molecule is CN1CCN=C1c1ccc(C2CN(c3nc(-c4ccncn4)cc(=O)n3C)CCO2)cc1. The minimum atomic E-state index is -0.127. The third kappa shape index (κ3) is 3.87. The van der Waals surface area contributed by atoms with Gasteiger partial charge in [-0.1, -0.05) is 24.3 Å². The number of hydrogen-bond donors (Lipinski definition) is 0. The quantitative estimate of drug-likeness (QED) is 0.619. The maximum Gasteiger partial charge on any atom is 0.255 e. The fourth-order valence-corrected chi connectivity index (χ4v) is 4.11. The molecule has 164 valence electrons. The van der Waals surface area contributed by atoms with Crippen LogP contribution in [-0.4, -0.2) is 70.1 Å². The van der Waals surface area contributed by atoms with E-state index in [1.807, 2.05) is 0 Å². The van der Waals surface area contributed by atoms with Crippen molar-refractivity contribution < 1.29 is 4.74 Å². The van der Waals surface area contributed by atoms with Crippen molar-refractivity contribution in [1.82, 2.24) is 24.4 Å². The van der Waals surface area contributed by atoms with E-state index in [1.54, 1.807) is 23.9 Å². The molecule has 1 unspecified atom stereocenters. The fraction of sp³-hybridized carbons (Fsp3) is 0.348. The molecule has 0 bridgehead atoms. The van der Waals surface area contributed by atoms with E-state index < -0.39 is 0 Å². The molecule has 2 aliphatic heterocycles. The lowest BCUT2D eigenvalue weighted by atomic mass is 10.0. The lowest BCUT2D eigenvalue weighted by molar-refractivity contribution is 0.0390. The van der Waals surface area contributed by atoms with Crippen LogP contribution in [0, 0.1) is 0 Å². The van der Waals surface area contributed by atoms with Crippen LogP contribution in [-0.2, 0) is 11.8 Å². The summed E-state index contributed by atoms with van der Waals surface area (Å²) in [6.45, 7) is 3.61. The summed E-state index contributed by atoms with van der Waals surface area (Å²) in [5, 5.41) is 0. The molecule has 1 atom stereocenters. The summed E-state index contributed by atoms with van der Waals surface area (Å²) in [7, 11) is 3.81. The van der Waals surface area contributed by atoms with Crippen LogP contribution in [0.1, 0.15) is 17.2 Å². The van der Waals surface area contributed by atoms with Gasteiger partial charge in [-0.05, 0) is 11.6 Å². The lowest BCUT2D eigenvalue weighted by Crippen LogP contribution is -2.41. The molecule has 1 aromatic carbocycles. The Kier molecular flexibility index (Phi) is 5.40. The van der Waals surface area contributed by atoms with Crippen LogP contribution >= 0.6 is 0 Å². The van der Waals surface area contributed by atoms with Crippen molar-refractivity contribution in [3.63, 3.8) is 0 Å². The van der Waals surface area contributed by atoms with Crippen molar-refractivity contribution in [2.24, 2.45) is 12.0 Å². The zero-order valence-electron chi connectivity index (χ0n) is 18.2. The van der Waals surface area contributed by atoms with E-state index in [2.05, 4.69) is 56.1 Å². The first-order valence-corrected chi connectivity index (χ1v) is 10.7. The number of anilines is 1. The highest BCUT2D eigenvalue weighted by molar-refractivity contribution is 5.99. The Morgan fingerprint density at radius 3 is 2.62 bits per heavy atom. The van der Waals surface area contributed by atoms with Crippen molar-refractivity contribution in [1.29, 1.82) is 0 Å². The number of hydrogen-bond acceptors (Lipinski definition) is 8. The summed E-state index contributed by atoms with van der Waals surface area (Å²) in [4.78, 5) is 34.4. The monoisotopic (exact) mass is 431 g/mol. The molecule has 0 aliphatic carbocycles. The number of benzene rings is 1. The summed E-state index contributed by atoms with van der Waals surface area (Å²) in [6, 6.07) is 11.7. The fourth-order valence-electron chi connectivity index (χ4n) is 4.11. The van der Waals surface area contributed by atoms with Crippen molar-refractivity contribution in [2.75, 3.05) is 44.7 Å². The number of aromatic nitrogens is 4. The molecule has 3 aromatic rings. The first-order chi connectivity index (χ1) is 15.6. The predicted molar refractivity (Wildman–Crippen MR) is 122 cm³/mol. The lowest BCUT2D eigenvalue weighted by Gasteiger charge is -2.34. The van der Waals surface area contributed by atoms with Crippen LogP contribution in [0.3, 0.4) is 0 Å². The molecule has 0 N–H and O–H groups in total. The molecule has 0 saturated carbocycles. The van der Waals surface area contributed by atoms with E-state index in [0.29, 0.717) is 37.0 Å². The third-order valence-corrected chi connectivity index (χ3v) is 5.90. The smallest absolute Gasteiger partial charge is 0.255 e. The van der Waals surface area contributed by atoms with E-state index in [1.165, 1.54) is 12.4 Å². The minimum Gasteiger partial charge on any atom is -0.370 e. The van der Waals surface area contributed by atoms with Crippen molar-refractivity contribution in [2.45, 2.75) is 6.10 Å². The summed E-state index contributed by atoms with van der Waals surface area (Å²) in [5.41, 5.74) is 3.25. The zero-order valence-corrected chi connectivity index (χ0v) is 18.2. The van der Waals surface area contributed by atoms with Gasteiger partial charge in [0.1, 0.15) is 18.3 Å². The van der Waals surface area contributed by atoms with Gasteiger partial charge in [0.15, 0.2) is 0 Å². The first-order valence-electron chi connectivity index (χ1n) is 10.7. The molecule has 5 rings (SSSR count). The summed E-state index contributed by atoms with van der Waals surface area (Å²) in [5.74, 6) is 1.64. The number of amidine groups is 1. The Labute approximate surface area is 186 Å². The van der Waals surface area contributed by atoms with Gasteiger partial charge in [0.2, 0.25) is 5.95 Å². The molecule has 2 aromatic heterocycles. The average molecular weight is 432 g/mol. The molecule has 4 heterocycles. The van der Waals surface area contributed by atoms with Crippen molar-refractivity contribution in [3.05, 3.63) is 70.4 Å². The number of rotatable bonds is 4. The van der Waals surface area contributed by atoms with E-state index in [0.717, 1.165) is 30.1 Å². The van der Waals surface area contributed by atoms with E-state index in [9.17, 15) is 4.79 Å². The standard InChI is InChI=1S/C23H25N7O2/c1-28-10-9-25-22(28)17-5-3-16(4-6-17)20-14-30(11-12-32-20)23-27-19(13-21(31)29(23)2)18-7-8-24-15-26-18/h3-8,13,15,20H,9-12,14H2,1-2H3. The molecule has 0 spiro atoms. The van der Waals surface area contributed by atoms with E-state index in [-0.39, 0.29) is 11.7 Å². The normalized spacial score (nSPS) is 18.7. The topological polar surface area (TPSA) is 88.7 Å². The molecule has 2 aliphatic rings. The Morgan fingerprint density at radius 2 is 1.91 bits per heavy atom. The summed E-state index contributed by atoms with van der Waals surface area (Å²) < 4.78 is 7.64. The number of nitrogens with zero attached hydrogens (tertiary/aromatic N) is 7. The third-order valence-electron chi connectivity index (χ3n) is 5.90. The summed E-state index contributed by atoms with van der Waals surface area (Å²) in [6.07, 6.45) is 2.99. The second-order valence-corrected chi connectivity index (χ2v) is 7.99. The number of morpholine rings is 1. The van der Waals surface area contributed by atoms with Gasteiger partial charge in [-0.15, -0.1) is 0 Å². The molecule has 1 saturated heterocycles. The summed E-state index contributed by atoms with van der Waals surface area (Å²) >= 11 is 0. The largest absolute Gasteiger partial charge is 0.370 e.